The van der Waals surface area contributed by atoms with Crippen LogP contribution in [0.1, 0.15) is 19.4 Å². The van der Waals surface area contributed by atoms with Crippen LogP contribution in [0.2, 0.25) is 0 Å². The van der Waals surface area contributed by atoms with Crippen molar-refractivity contribution in [3.05, 3.63) is 23.8 Å². The van der Waals surface area contributed by atoms with Gasteiger partial charge in [-0.05, 0) is 26.0 Å². The average Bonchev–Trinajstić information content (AvgIpc) is 2.20. The number of nitrogens with one attached hydrogen (secondary N) is 1. The summed E-state index contributed by atoms with van der Waals surface area (Å²) < 4.78 is 5.40. The molecule has 4 N–H and O–H groups in total. The van der Waals surface area contributed by atoms with E-state index < -0.39 is 6.03 Å². The normalized spacial score (nSPS) is 10.8. The Labute approximate surface area is 99.1 Å². The van der Waals surface area contributed by atoms with Crippen LogP contribution in [0.25, 0.3) is 0 Å². The van der Waals surface area contributed by atoms with Crippen molar-refractivity contribution >= 4 is 12.2 Å². The van der Waals surface area contributed by atoms with E-state index in [2.05, 4.69) is 5.10 Å². The van der Waals surface area contributed by atoms with Crippen molar-refractivity contribution in [1.82, 2.24) is 5.43 Å². The van der Waals surface area contributed by atoms with Gasteiger partial charge in [0.05, 0.1) is 12.3 Å². The van der Waals surface area contributed by atoms with Gasteiger partial charge in [-0.1, -0.05) is 0 Å². The maximum Gasteiger partial charge on any atom is 0.332 e. The second-order valence-corrected chi connectivity index (χ2v) is 3.62. The van der Waals surface area contributed by atoms with Gasteiger partial charge in [-0.15, -0.1) is 0 Å². The summed E-state index contributed by atoms with van der Waals surface area (Å²) in [6.45, 7) is 3.78. The van der Waals surface area contributed by atoms with E-state index in [4.69, 9.17) is 10.5 Å². The lowest BCUT2D eigenvalue weighted by Crippen LogP contribution is -2.24. The van der Waals surface area contributed by atoms with Crippen molar-refractivity contribution in [3.63, 3.8) is 0 Å². The molecule has 1 aromatic carbocycles. The summed E-state index contributed by atoms with van der Waals surface area (Å²) in [5.41, 5.74) is 7.31. The molecule has 6 heteroatoms. The molecule has 0 heterocycles. The number of nitrogens with two attached hydrogens (primary N) is 1. The Morgan fingerprint density at radius 2 is 2.29 bits per heavy atom. The Kier molecular flexibility index (Phi) is 4.33. The quantitative estimate of drug-likeness (QED) is 0.541. The van der Waals surface area contributed by atoms with E-state index in [1.165, 1.54) is 12.3 Å². The van der Waals surface area contributed by atoms with Crippen molar-refractivity contribution in [2.24, 2.45) is 10.8 Å². The number of hydrogen-bond acceptors (Lipinski definition) is 4. The fraction of sp³-hybridized carbons (Fsp3) is 0.273. The lowest BCUT2D eigenvalue weighted by Gasteiger charge is -2.10. The number of primary amides is 1. The van der Waals surface area contributed by atoms with E-state index >= 15 is 0 Å². The topological polar surface area (TPSA) is 96.9 Å². The predicted octanol–water partition coefficient (Wildman–Crippen LogP) is 1.18. The zero-order valence-electron chi connectivity index (χ0n) is 9.68. The number of amides is 2. The van der Waals surface area contributed by atoms with E-state index in [1.54, 1.807) is 12.1 Å². The molecule has 0 aromatic heterocycles. The third kappa shape index (κ3) is 4.42. The first-order chi connectivity index (χ1) is 7.99. The Morgan fingerprint density at radius 1 is 1.59 bits per heavy atom. The van der Waals surface area contributed by atoms with Gasteiger partial charge in [0, 0.05) is 11.6 Å². The molecule has 0 bridgehead atoms. The minimum atomic E-state index is -0.763. The molecule has 17 heavy (non-hydrogen) atoms. The van der Waals surface area contributed by atoms with Gasteiger partial charge in [-0.2, -0.15) is 5.10 Å². The molecule has 0 aliphatic heterocycles. The minimum Gasteiger partial charge on any atom is -0.507 e. The number of phenols is 1. The number of carbonyl (C=O) groups excluding carboxylic acids is 1. The van der Waals surface area contributed by atoms with Crippen molar-refractivity contribution in [1.29, 1.82) is 0 Å². The van der Waals surface area contributed by atoms with Crippen LogP contribution in [0.4, 0.5) is 4.79 Å². The molecular weight excluding hydrogens is 222 g/mol. The molecule has 0 saturated carbocycles. The largest absolute Gasteiger partial charge is 0.507 e. The van der Waals surface area contributed by atoms with E-state index in [-0.39, 0.29) is 11.9 Å². The molecule has 2 amide bonds. The number of benzene rings is 1. The van der Waals surface area contributed by atoms with Crippen molar-refractivity contribution < 1.29 is 14.6 Å². The van der Waals surface area contributed by atoms with Gasteiger partial charge in [0.25, 0.3) is 0 Å². The molecule has 0 spiro atoms. The number of phenolic OH excluding ortho intramolecular Hbond substituents is 1. The summed E-state index contributed by atoms with van der Waals surface area (Å²) in [6, 6.07) is 4.04. The van der Waals surface area contributed by atoms with E-state index in [9.17, 15) is 9.90 Å². The monoisotopic (exact) mass is 237 g/mol. The second-order valence-electron chi connectivity index (χ2n) is 3.62. The first-order valence-electron chi connectivity index (χ1n) is 5.07. The second kappa shape index (κ2) is 5.74. The molecule has 0 aliphatic carbocycles. The summed E-state index contributed by atoms with van der Waals surface area (Å²) in [7, 11) is 0. The maximum atomic E-state index is 10.4. The number of aromatic hydroxyl groups is 1. The molecular formula is C11H15N3O3. The van der Waals surface area contributed by atoms with Crippen LogP contribution < -0.4 is 15.9 Å². The fourth-order valence-corrected chi connectivity index (χ4v) is 1.14. The van der Waals surface area contributed by atoms with Crippen LogP contribution in [0, 0.1) is 0 Å². The number of carbonyl (C=O) groups is 1. The number of hydrogen-bond donors (Lipinski definition) is 3. The number of nitrogens with zero attached hydrogens (tertiary/aromatic N) is 1. The Hall–Kier alpha value is -2.24. The zero-order valence-corrected chi connectivity index (χ0v) is 9.68. The van der Waals surface area contributed by atoms with Crippen LogP contribution in [0.3, 0.4) is 0 Å². The first-order valence-corrected chi connectivity index (χ1v) is 5.07. The van der Waals surface area contributed by atoms with Gasteiger partial charge >= 0.3 is 6.03 Å². The number of rotatable bonds is 4. The molecule has 92 valence electrons. The number of hydrazone groups is 1. The van der Waals surface area contributed by atoms with Gasteiger partial charge < -0.3 is 15.6 Å². The van der Waals surface area contributed by atoms with Crippen LogP contribution in [0.5, 0.6) is 11.5 Å². The van der Waals surface area contributed by atoms with Gasteiger partial charge in [-0.25, -0.2) is 10.2 Å². The highest BCUT2D eigenvalue weighted by Gasteiger charge is 2.03. The molecule has 0 atom stereocenters. The van der Waals surface area contributed by atoms with Crippen LogP contribution >= 0.6 is 0 Å². The SMILES string of the molecule is CC(C)Oc1ccc(/C=N/NC(N)=O)c(O)c1. The highest BCUT2D eigenvalue weighted by atomic mass is 16.5. The summed E-state index contributed by atoms with van der Waals surface area (Å²) >= 11 is 0. The molecule has 1 aromatic rings. The van der Waals surface area contributed by atoms with Crippen molar-refractivity contribution in [2.75, 3.05) is 0 Å². The Balaban J connectivity index is 2.75. The first kappa shape index (κ1) is 12.8. The summed E-state index contributed by atoms with van der Waals surface area (Å²) in [5, 5.41) is 13.2. The summed E-state index contributed by atoms with van der Waals surface area (Å²) in [6.07, 6.45) is 1.32. The van der Waals surface area contributed by atoms with Gasteiger partial charge in [0.1, 0.15) is 11.5 Å². The van der Waals surface area contributed by atoms with E-state index in [0.29, 0.717) is 11.3 Å². The number of ether oxygens (including phenoxy) is 1. The van der Waals surface area contributed by atoms with Crippen molar-refractivity contribution in [2.45, 2.75) is 20.0 Å². The van der Waals surface area contributed by atoms with E-state index in [0.717, 1.165) is 0 Å². The molecule has 0 radical (unpaired) electrons. The standard InChI is InChI=1S/C11H15N3O3/c1-7(2)17-9-4-3-8(10(15)5-9)6-13-14-11(12)16/h3-7,15H,1-2H3,(H3,12,14,16)/b13-6+. The highest BCUT2D eigenvalue weighted by Crippen LogP contribution is 2.22. The molecule has 6 nitrogen and oxygen atoms in total. The zero-order chi connectivity index (χ0) is 12.8. The number of urea groups is 1. The van der Waals surface area contributed by atoms with Gasteiger partial charge in [0.2, 0.25) is 0 Å². The van der Waals surface area contributed by atoms with Gasteiger partial charge in [0.15, 0.2) is 0 Å². The minimum absolute atomic E-state index is 0.0122. The van der Waals surface area contributed by atoms with Crippen LogP contribution in [-0.2, 0) is 0 Å². The summed E-state index contributed by atoms with van der Waals surface area (Å²) in [4.78, 5) is 10.4. The molecule has 0 saturated heterocycles. The Morgan fingerprint density at radius 3 is 2.82 bits per heavy atom. The van der Waals surface area contributed by atoms with Crippen molar-refractivity contribution in [3.8, 4) is 11.5 Å². The maximum absolute atomic E-state index is 10.4. The molecule has 0 fully saturated rings. The molecule has 1 rings (SSSR count). The van der Waals surface area contributed by atoms with E-state index in [1.807, 2.05) is 19.3 Å². The third-order valence-electron chi connectivity index (χ3n) is 1.75. The smallest absolute Gasteiger partial charge is 0.332 e. The fourth-order valence-electron chi connectivity index (χ4n) is 1.14. The van der Waals surface area contributed by atoms with Crippen LogP contribution in [-0.4, -0.2) is 23.5 Å². The Bertz CT molecular complexity index is 430. The van der Waals surface area contributed by atoms with Crippen LogP contribution in [0.15, 0.2) is 23.3 Å². The lowest BCUT2D eigenvalue weighted by atomic mass is 10.2. The third-order valence-corrected chi connectivity index (χ3v) is 1.75. The van der Waals surface area contributed by atoms with Gasteiger partial charge in [-0.3, -0.25) is 0 Å². The lowest BCUT2D eigenvalue weighted by molar-refractivity contribution is 0.241. The molecule has 0 aliphatic rings. The average molecular weight is 237 g/mol. The predicted molar refractivity (Wildman–Crippen MR) is 64.2 cm³/mol. The highest BCUT2D eigenvalue weighted by molar-refractivity contribution is 5.84. The molecule has 0 unspecified atom stereocenters. The summed E-state index contributed by atoms with van der Waals surface area (Å²) in [5.74, 6) is 0.579.